The van der Waals surface area contributed by atoms with Crippen molar-refractivity contribution in [1.29, 1.82) is 0 Å². The molecule has 0 aliphatic carbocycles. The minimum atomic E-state index is -0.155. The van der Waals surface area contributed by atoms with Crippen molar-refractivity contribution in [2.24, 2.45) is 0 Å². The fourth-order valence-electron chi connectivity index (χ4n) is 1.73. The predicted octanol–water partition coefficient (Wildman–Crippen LogP) is 2.78. The molecule has 0 saturated heterocycles. The molecule has 19 heavy (non-hydrogen) atoms. The van der Waals surface area contributed by atoms with Crippen molar-refractivity contribution in [3.05, 3.63) is 34.9 Å². The van der Waals surface area contributed by atoms with Crippen LogP contribution in [0.2, 0.25) is 5.02 Å². The van der Waals surface area contributed by atoms with Gasteiger partial charge >= 0.3 is 0 Å². The van der Waals surface area contributed by atoms with E-state index >= 15 is 0 Å². The van der Waals surface area contributed by atoms with Crippen LogP contribution >= 0.6 is 11.6 Å². The zero-order chi connectivity index (χ0) is 14.3. The summed E-state index contributed by atoms with van der Waals surface area (Å²) in [5, 5.41) is 6.97. The van der Waals surface area contributed by atoms with E-state index in [1.54, 1.807) is 0 Å². The van der Waals surface area contributed by atoms with E-state index in [0.29, 0.717) is 13.0 Å². The molecule has 0 unspecified atom stereocenters. The van der Waals surface area contributed by atoms with Crippen LogP contribution in [0.25, 0.3) is 0 Å². The van der Waals surface area contributed by atoms with Crippen LogP contribution in [-0.2, 0) is 11.2 Å². The molecule has 0 radical (unpaired) electrons. The van der Waals surface area contributed by atoms with Crippen LogP contribution in [0.1, 0.15) is 32.8 Å². The average Bonchev–Trinajstić information content (AvgIpc) is 2.26. The molecule has 2 N–H and O–H groups in total. The third kappa shape index (κ3) is 7.85. The summed E-state index contributed by atoms with van der Waals surface area (Å²) < 4.78 is 0. The highest BCUT2D eigenvalue weighted by molar-refractivity contribution is 6.30. The molecule has 0 aliphatic heterocycles. The summed E-state index contributed by atoms with van der Waals surface area (Å²) in [6, 6.07) is 7.85. The number of halogens is 1. The lowest BCUT2D eigenvalue weighted by Crippen LogP contribution is -2.41. The van der Waals surface area contributed by atoms with Crippen molar-refractivity contribution in [3.8, 4) is 0 Å². The van der Waals surface area contributed by atoms with Crippen molar-refractivity contribution in [2.75, 3.05) is 13.1 Å². The second-order valence-electron chi connectivity index (χ2n) is 5.68. The van der Waals surface area contributed by atoms with E-state index in [9.17, 15) is 4.79 Å². The van der Waals surface area contributed by atoms with Gasteiger partial charge < -0.3 is 10.6 Å². The lowest BCUT2D eigenvalue weighted by Gasteiger charge is -2.20. The highest BCUT2D eigenvalue weighted by Crippen LogP contribution is 2.10. The third-order valence-electron chi connectivity index (χ3n) is 2.52. The number of amides is 1. The van der Waals surface area contributed by atoms with Gasteiger partial charge in [-0.15, -0.1) is 0 Å². The van der Waals surface area contributed by atoms with Crippen LogP contribution < -0.4 is 10.6 Å². The Morgan fingerprint density at radius 3 is 2.63 bits per heavy atom. The van der Waals surface area contributed by atoms with Gasteiger partial charge in [-0.2, -0.15) is 0 Å². The van der Waals surface area contributed by atoms with Crippen molar-refractivity contribution >= 4 is 17.5 Å². The maximum Gasteiger partial charge on any atom is 0.221 e. The van der Waals surface area contributed by atoms with Gasteiger partial charge in [-0.25, -0.2) is 0 Å². The quantitative estimate of drug-likeness (QED) is 0.788. The van der Waals surface area contributed by atoms with Crippen LogP contribution in [0.4, 0.5) is 0 Å². The molecule has 0 fully saturated rings. The van der Waals surface area contributed by atoms with Gasteiger partial charge in [0.15, 0.2) is 0 Å². The first-order valence-electron chi connectivity index (χ1n) is 6.63. The molecule has 0 saturated carbocycles. The number of benzene rings is 1. The van der Waals surface area contributed by atoms with Gasteiger partial charge in [0, 0.05) is 23.5 Å². The van der Waals surface area contributed by atoms with Gasteiger partial charge in [0.05, 0.1) is 0 Å². The molecule has 0 aromatic heterocycles. The molecule has 1 amide bonds. The summed E-state index contributed by atoms with van der Waals surface area (Å²) >= 11 is 5.91. The molecular formula is C15H23ClN2O. The summed E-state index contributed by atoms with van der Waals surface area (Å²) in [5.41, 5.74) is 1.05. The molecule has 3 nitrogen and oxygen atoms in total. The first kappa shape index (κ1) is 16.0. The Morgan fingerprint density at radius 2 is 2.00 bits per heavy atom. The van der Waals surface area contributed by atoms with Crippen LogP contribution in [-0.4, -0.2) is 24.5 Å². The SMILES string of the molecule is CC(C)(C)NC(=O)CCNCCc1cccc(Cl)c1. The highest BCUT2D eigenvalue weighted by atomic mass is 35.5. The van der Waals surface area contributed by atoms with Gasteiger partial charge in [-0.05, 0) is 51.4 Å². The molecule has 0 aliphatic rings. The summed E-state index contributed by atoms with van der Waals surface area (Å²) in [4.78, 5) is 11.6. The van der Waals surface area contributed by atoms with Gasteiger partial charge in [0.1, 0.15) is 0 Å². The summed E-state index contributed by atoms with van der Waals surface area (Å²) in [6.45, 7) is 7.50. The Labute approximate surface area is 120 Å². The highest BCUT2D eigenvalue weighted by Gasteiger charge is 2.12. The number of carbonyl (C=O) groups excluding carboxylic acids is 1. The van der Waals surface area contributed by atoms with Gasteiger partial charge in [-0.3, -0.25) is 4.79 Å². The zero-order valence-corrected chi connectivity index (χ0v) is 12.7. The van der Waals surface area contributed by atoms with E-state index < -0.39 is 0 Å². The third-order valence-corrected chi connectivity index (χ3v) is 2.76. The Balaban J connectivity index is 2.13. The minimum absolute atomic E-state index is 0.0859. The van der Waals surface area contributed by atoms with E-state index in [2.05, 4.69) is 16.7 Å². The van der Waals surface area contributed by atoms with Gasteiger partial charge in [0.25, 0.3) is 0 Å². The molecule has 0 bridgehead atoms. The predicted molar refractivity (Wildman–Crippen MR) is 80.5 cm³/mol. The van der Waals surface area contributed by atoms with Crippen LogP contribution in [0.3, 0.4) is 0 Å². The lowest BCUT2D eigenvalue weighted by molar-refractivity contribution is -0.122. The van der Waals surface area contributed by atoms with Crippen molar-refractivity contribution in [3.63, 3.8) is 0 Å². The molecule has 4 heteroatoms. The van der Waals surface area contributed by atoms with Gasteiger partial charge in [-0.1, -0.05) is 23.7 Å². The fourth-order valence-corrected chi connectivity index (χ4v) is 1.95. The molecule has 106 valence electrons. The smallest absolute Gasteiger partial charge is 0.221 e. The monoisotopic (exact) mass is 282 g/mol. The van der Waals surface area contributed by atoms with E-state index in [1.165, 1.54) is 5.56 Å². The topological polar surface area (TPSA) is 41.1 Å². The molecular weight excluding hydrogens is 260 g/mol. The summed E-state index contributed by atoms with van der Waals surface area (Å²) in [7, 11) is 0. The largest absolute Gasteiger partial charge is 0.351 e. The molecule has 0 spiro atoms. The molecule has 0 heterocycles. The normalized spacial score (nSPS) is 11.4. The van der Waals surface area contributed by atoms with Crippen LogP contribution in [0, 0.1) is 0 Å². The minimum Gasteiger partial charge on any atom is -0.351 e. The number of hydrogen-bond donors (Lipinski definition) is 2. The maximum atomic E-state index is 11.6. The summed E-state index contributed by atoms with van der Waals surface area (Å²) in [6.07, 6.45) is 1.42. The molecule has 1 aromatic rings. The van der Waals surface area contributed by atoms with Gasteiger partial charge in [0.2, 0.25) is 5.91 Å². The van der Waals surface area contributed by atoms with Crippen molar-refractivity contribution in [1.82, 2.24) is 10.6 Å². The number of nitrogens with one attached hydrogen (secondary N) is 2. The van der Waals surface area contributed by atoms with E-state index in [-0.39, 0.29) is 11.4 Å². The fraction of sp³-hybridized carbons (Fsp3) is 0.533. The Bertz CT molecular complexity index is 413. The van der Waals surface area contributed by atoms with E-state index in [1.807, 2.05) is 39.0 Å². The van der Waals surface area contributed by atoms with E-state index in [4.69, 9.17) is 11.6 Å². The molecule has 1 aromatic carbocycles. The van der Waals surface area contributed by atoms with Crippen LogP contribution in [0.15, 0.2) is 24.3 Å². The lowest BCUT2D eigenvalue weighted by atomic mass is 10.1. The zero-order valence-electron chi connectivity index (χ0n) is 11.9. The number of rotatable bonds is 6. The van der Waals surface area contributed by atoms with Crippen molar-refractivity contribution in [2.45, 2.75) is 39.2 Å². The molecule has 0 atom stereocenters. The second-order valence-corrected chi connectivity index (χ2v) is 6.11. The Kier molecular flexibility index (Phi) is 6.32. The average molecular weight is 283 g/mol. The Hall–Kier alpha value is -1.06. The number of carbonyl (C=O) groups is 1. The molecule has 1 rings (SSSR count). The standard InChI is InChI=1S/C15H23ClN2O/c1-15(2,3)18-14(19)8-10-17-9-7-12-5-4-6-13(16)11-12/h4-6,11,17H,7-10H2,1-3H3,(H,18,19). The maximum absolute atomic E-state index is 11.6. The number of hydrogen-bond acceptors (Lipinski definition) is 2. The van der Waals surface area contributed by atoms with Crippen LogP contribution in [0.5, 0.6) is 0 Å². The van der Waals surface area contributed by atoms with E-state index in [0.717, 1.165) is 18.0 Å². The van der Waals surface area contributed by atoms with Crippen molar-refractivity contribution < 1.29 is 4.79 Å². The first-order chi connectivity index (χ1) is 8.87. The Morgan fingerprint density at radius 1 is 1.26 bits per heavy atom. The first-order valence-corrected chi connectivity index (χ1v) is 7.01. The second kappa shape index (κ2) is 7.51. The summed E-state index contributed by atoms with van der Waals surface area (Å²) in [5.74, 6) is 0.0859.